The second-order valence-electron chi connectivity index (χ2n) is 25.4. The largest absolute Gasteiger partial charge is 0.472 e. The van der Waals surface area contributed by atoms with Gasteiger partial charge >= 0.3 is 13.8 Å². The molecule has 0 saturated carbocycles. The van der Waals surface area contributed by atoms with Crippen LogP contribution < -0.4 is 5.32 Å². The van der Waals surface area contributed by atoms with Crippen LogP contribution in [0.3, 0.4) is 0 Å². The first kappa shape index (κ1) is 80.7. The molecule has 2 N–H and O–H groups in total. The van der Waals surface area contributed by atoms with Gasteiger partial charge in [0.2, 0.25) is 5.91 Å². The standard InChI is InChI=1S/C73H137N2O7P/c1-7-10-13-16-19-22-25-27-29-31-33-34-35-36-37-38-39-40-42-44-46-48-51-54-57-60-63-66-73(77)82-71(64-61-58-55-52-49-24-21-18-15-12-9-3)70(69-81-83(78,79)80-68-67-75(4,5)6)74-72(76)65-62-59-56-53-50-47-45-43-41-32-30-28-26-23-20-17-14-11-8-2/h19,22,27-30,33-34,61,64,70-71H,7-18,20-21,23-26,31-32,35-60,62-63,65-69H2,1-6H3,(H-,74,76,78,79)/p+1/b22-19-,29-27-,30-28+,34-33-,64-61-. The maximum Gasteiger partial charge on any atom is 0.472 e. The van der Waals surface area contributed by atoms with Crippen molar-refractivity contribution < 1.29 is 37.3 Å². The van der Waals surface area contributed by atoms with E-state index in [0.29, 0.717) is 23.9 Å². The molecule has 0 spiro atoms. The Hall–Kier alpha value is -2.29. The maximum absolute atomic E-state index is 13.6. The normalized spacial score (nSPS) is 13.9. The average molecular weight is 1190 g/mol. The van der Waals surface area contributed by atoms with Crippen LogP contribution in [-0.2, 0) is 27.9 Å². The topological polar surface area (TPSA) is 111 Å². The second-order valence-corrected chi connectivity index (χ2v) is 26.9. The Kier molecular flexibility index (Phi) is 61.0. The van der Waals surface area contributed by atoms with E-state index in [1.54, 1.807) is 0 Å². The molecule has 0 saturated heterocycles. The molecule has 0 heterocycles. The zero-order valence-corrected chi connectivity index (χ0v) is 56.6. The van der Waals surface area contributed by atoms with Gasteiger partial charge in [0, 0.05) is 12.8 Å². The number of quaternary nitrogens is 1. The van der Waals surface area contributed by atoms with E-state index in [2.05, 4.69) is 74.7 Å². The number of amides is 1. The molecule has 9 nitrogen and oxygen atoms in total. The van der Waals surface area contributed by atoms with Crippen LogP contribution in [0.25, 0.3) is 0 Å². The number of likely N-dealkylation sites (N-methyl/N-ethyl adjacent to an activating group) is 1. The lowest BCUT2D eigenvalue weighted by atomic mass is 10.0. The number of phosphoric acid groups is 1. The lowest BCUT2D eigenvalue weighted by Crippen LogP contribution is -2.47. The van der Waals surface area contributed by atoms with Gasteiger partial charge in [-0.25, -0.2) is 4.57 Å². The monoisotopic (exact) mass is 1190 g/mol. The Bertz CT molecular complexity index is 1600. The molecule has 0 fully saturated rings. The van der Waals surface area contributed by atoms with Gasteiger partial charge in [0.1, 0.15) is 19.3 Å². The SMILES string of the molecule is CCCCC/C=C\C/C=C\C/C=C\CCCCCCCCCCCCCCCCC(=O)OC(/C=C\CCCCCCCCCCC)C(COP(=O)(O)OCC[N+](C)(C)C)NC(=O)CCCCCCCCCCC/C=C/CCCCCCCC. The van der Waals surface area contributed by atoms with Crippen molar-refractivity contribution in [2.45, 2.75) is 354 Å². The molecule has 0 aromatic carbocycles. The van der Waals surface area contributed by atoms with Gasteiger partial charge in [-0.05, 0) is 96.0 Å². The number of esters is 1. The summed E-state index contributed by atoms with van der Waals surface area (Å²) in [7, 11) is 1.50. The first-order valence-electron chi connectivity index (χ1n) is 35.6. The Morgan fingerprint density at radius 2 is 0.735 bits per heavy atom. The Balaban J connectivity index is 4.98. The fourth-order valence-corrected chi connectivity index (χ4v) is 11.2. The van der Waals surface area contributed by atoms with E-state index in [4.69, 9.17) is 13.8 Å². The number of nitrogens with one attached hydrogen (secondary N) is 1. The van der Waals surface area contributed by atoms with Crippen LogP contribution in [0, 0.1) is 0 Å². The van der Waals surface area contributed by atoms with Crippen LogP contribution in [0.4, 0.5) is 0 Å². The third-order valence-corrected chi connectivity index (χ3v) is 16.9. The summed E-state index contributed by atoms with van der Waals surface area (Å²) in [6.07, 6.45) is 80.9. The molecule has 3 unspecified atom stereocenters. The van der Waals surface area contributed by atoms with Crippen LogP contribution >= 0.6 is 7.82 Å². The van der Waals surface area contributed by atoms with E-state index in [1.807, 2.05) is 33.3 Å². The van der Waals surface area contributed by atoms with Crippen LogP contribution in [0.1, 0.15) is 342 Å². The molecule has 0 aliphatic carbocycles. The molecule has 0 aromatic rings. The number of hydrogen-bond acceptors (Lipinski definition) is 6. The summed E-state index contributed by atoms with van der Waals surface area (Å²) in [5, 5.41) is 3.07. The van der Waals surface area contributed by atoms with Gasteiger partial charge in [0.15, 0.2) is 0 Å². The molecule has 83 heavy (non-hydrogen) atoms. The van der Waals surface area contributed by atoms with Gasteiger partial charge in [-0.15, -0.1) is 0 Å². The van der Waals surface area contributed by atoms with Gasteiger partial charge < -0.3 is 19.4 Å². The lowest BCUT2D eigenvalue weighted by molar-refractivity contribution is -0.870. The fourth-order valence-electron chi connectivity index (χ4n) is 10.4. The van der Waals surface area contributed by atoms with Crippen LogP contribution in [0.15, 0.2) is 60.8 Å². The highest BCUT2D eigenvalue weighted by atomic mass is 31.2. The first-order chi connectivity index (χ1) is 40.4. The molecular weight excluding hydrogens is 1050 g/mol. The van der Waals surface area contributed by atoms with Gasteiger partial charge in [0.05, 0.1) is 33.8 Å². The van der Waals surface area contributed by atoms with Crippen molar-refractivity contribution in [3.05, 3.63) is 60.8 Å². The third-order valence-electron chi connectivity index (χ3n) is 15.9. The van der Waals surface area contributed by atoms with Crippen molar-refractivity contribution in [2.75, 3.05) is 40.9 Å². The molecule has 486 valence electrons. The molecule has 3 atom stereocenters. The number of unbranched alkanes of at least 4 members (excludes halogenated alkanes) is 41. The minimum atomic E-state index is -4.45. The summed E-state index contributed by atoms with van der Waals surface area (Å²) in [5.74, 6) is -0.496. The van der Waals surface area contributed by atoms with Gasteiger partial charge in [-0.2, -0.15) is 0 Å². The summed E-state index contributed by atoms with van der Waals surface area (Å²) in [4.78, 5) is 37.9. The minimum Gasteiger partial charge on any atom is -0.456 e. The molecule has 0 aromatic heterocycles. The zero-order valence-electron chi connectivity index (χ0n) is 55.7. The second kappa shape index (κ2) is 62.8. The summed E-state index contributed by atoms with van der Waals surface area (Å²) < 4.78 is 30.8. The molecular formula is C73H138N2O7P+. The number of carbonyl (C=O) groups excluding carboxylic acids is 2. The molecule has 0 bridgehead atoms. The van der Waals surface area contributed by atoms with Crippen LogP contribution in [-0.4, -0.2) is 74.3 Å². The van der Waals surface area contributed by atoms with E-state index < -0.39 is 20.0 Å². The zero-order chi connectivity index (χ0) is 60.7. The van der Waals surface area contributed by atoms with E-state index in [1.165, 1.54) is 238 Å². The highest BCUT2D eigenvalue weighted by molar-refractivity contribution is 7.47. The van der Waals surface area contributed by atoms with E-state index in [9.17, 15) is 19.0 Å². The highest BCUT2D eigenvalue weighted by Gasteiger charge is 2.30. The van der Waals surface area contributed by atoms with E-state index >= 15 is 0 Å². The average Bonchev–Trinajstić information content (AvgIpc) is 3.51. The number of phosphoric ester groups is 1. The number of nitrogens with zero attached hydrogens (tertiary/aromatic N) is 1. The Morgan fingerprint density at radius 1 is 0.422 bits per heavy atom. The first-order valence-corrected chi connectivity index (χ1v) is 37.1. The number of hydrogen-bond donors (Lipinski definition) is 2. The highest BCUT2D eigenvalue weighted by Crippen LogP contribution is 2.43. The maximum atomic E-state index is 13.6. The number of ether oxygens (including phenoxy) is 1. The minimum absolute atomic E-state index is 0.0401. The predicted octanol–water partition coefficient (Wildman–Crippen LogP) is 22.6. The number of allylic oxidation sites excluding steroid dienone is 9. The van der Waals surface area contributed by atoms with Crippen molar-refractivity contribution in [1.82, 2.24) is 5.32 Å². The third kappa shape index (κ3) is 64.0. The smallest absolute Gasteiger partial charge is 0.456 e. The van der Waals surface area contributed by atoms with Gasteiger partial charge in [-0.1, -0.05) is 294 Å². The number of carbonyl (C=O) groups is 2. The summed E-state index contributed by atoms with van der Waals surface area (Å²) >= 11 is 0. The quantitative estimate of drug-likeness (QED) is 0.0205. The molecule has 1 amide bonds. The summed E-state index contributed by atoms with van der Waals surface area (Å²) in [6.45, 7) is 7.01. The van der Waals surface area contributed by atoms with Crippen molar-refractivity contribution in [3.8, 4) is 0 Å². The molecule has 0 radical (unpaired) electrons. The molecule has 0 aliphatic heterocycles. The number of rotatable bonds is 65. The molecule has 0 aliphatic rings. The van der Waals surface area contributed by atoms with Crippen LogP contribution in [0.5, 0.6) is 0 Å². The van der Waals surface area contributed by atoms with Crippen molar-refractivity contribution in [2.24, 2.45) is 0 Å². The van der Waals surface area contributed by atoms with Crippen molar-refractivity contribution >= 4 is 19.7 Å². The Labute approximate surface area is 515 Å². The lowest BCUT2D eigenvalue weighted by Gasteiger charge is -2.27. The molecule has 0 rings (SSSR count). The van der Waals surface area contributed by atoms with Crippen LogP contribution in [0.2, 0.25) is 0 Å². The summed E-state index contributed by atoms with van der Waals surface area (Å²) in [5.41, 5.74) is 0. The van der Waals surface area contributed by atoms with Gasteiger partial charge in [-0.3, -0.25) is 18.6 Å². The van der Waals surface area contributed by atoms with Crippen molar-refractivity contribution in [1.29, 1.82) is 0 Å². The van der Waals surface area contributed by atoms with Gasteiger partial charge in [0.25, 0.3) is 0 Å². The van der Waals surface area contributed by atoms with E-state index in [-0.39, 0.29) is 25.1 Å². The Morgan fingerprint density at radius 3 is 1.13 bits per heavy atom. The van der Waals surface area contributed by atoms with Crippen molar-refractivity contribution in [3.63, 3.8) is 0 Å². The fraction of sp³-hybridized carbons (Fsp3) is 0.836. The molecule has 10 heteroatoms. The summed E-state index contributed by atoms with van der Waals surface area (Å²) in [6, 6.07) is -0.850. The predicted molar refractivity (Wildman–Crippen MR) is 360 cm³/mol. The van der Waals surface area contributed by atoms with E-state index in [0.717, 1.165) is 70.6 Å².